The molecule has 0 saturated carbocycles. The molecule has 20 heavy (non-hydrogen) atoms. The quantitative estimate of drug-likeness (QED) is 0.398. The van der Waals surface area contributed by atoms with E-state index in [4.69, 9.17) is 4.11 Å². The van der Waals surface area contributed by atoms with E-state index in [1.807, 2.05) is 27.4 Å². The Morgan fingerprint density at radius 1 is 1.25 bits per heavy atom. The summed E-state index contributed by atoms with van der Waals surface area (Å²) in [6.07, 6.45) is 8.87. The molecule has 4 aromatic heterocycles. The minimum atomic E-state index is -2.27. The van der Waals surface area contributed by atoms with Crippen LogP contribution in [0.1, 0.15) is 9.68 Å². The molecule has 96 valence electrons. The van der Waals surface area contributed by atoms with Crippen LogP contribution in [0.5, 0.6) is 0 Å². The number of imidazole rings is 2. The van der Waals surface area contributed by atoms with Gasteiger partial charge in [-0.15, -0.1) is 0 Å². The lowest BCUT2D eigenvalue weighted by atomic mass is 10.1. The summed E-state index contributed by atoms with van der Waals surface area (Å²) >= 11 is 0. The second-order valence-electron chi connectivity index (χ2n) is 5.00. The first kappa shape index (κ1) is 7.79. The first-order valence-corrected chi connectivity index (χ1v) is 6.39. The summed E-state index contributed by atoms with van der Waals surface area (Å²) in [5.74, 6) is 0.638. The van der Waals surface area contributed by atoms with E-state index in [1.165, 1.54) is 4.57 Å². The smallest absolute Gasteiger partial charge is 0.264 e. The van der Waals surface area contributed by atoms with E-state index < -0.39 is 6.98 Å². The van der Waals surface area contributed by atoms with Crippen LogP contribution in [0.4, 0.5) is 0 Å². The zero-order chi connectivity index (χ0) is 15.8. The van der Waals surface area contributed by atoms with Crippen molar-refractivity contribution in [3.05, 3.63) is 48.7 Å². The average Bonchev–Trinajstić information content (AvgIpc) is 3.13. The molecule has 0 N–H and O–H groups in total. The van der Waals surface area contributed by atoms with E-state index >= 15 is 0 Å². The van der Waals surface area contributed by atoms with Gasteiger partial charge in [-0.1, -0.05) is 0 Å². The summed E-state index contributed by atoms with van der Waals surface area (Å²) in [6.45, 7) is -1.62. The molecule has 0 atom stereocenters. The molecule has 0 spiro atoms. The third-order valence-corrected chi connectivity index (χ3v) is 3.99. The van der Waals surface area contributed by atoms with Crippen LogP contribution in [0, 0.1) is 0 Å². The second kappa shape index (κ2) is 3.25. The van der Waals surface area contributed by atoms with Gasteiger partial charge < -0.3 is 0 Å². The SMILES string of the molecule is [2H]C([2H])([2H])[n+]1c2ccncc2n2cc3n(c21)Cc1ccncc1-3. The van der Waals surface area contributed by atoms with Crippen molar-refractivity contribution < 1.29 is 8.68 Å². The van der Waals surface area contributed by atoms with Gasteiger partial charge in [0.05, 0.1) is 23.8 Å². The molecular weight excluding hydrogens is 250 g/mol. The van der Waals surface area contributed by atoms with Crippen molar-refractivity contribution in [1.82, 2.24) is 18.9 Å². The summed E-state index contributed by atoms with van der Waals surface area (Å²) in [5.41, 5.74) is 4.61. The monoisotopic (exact) mass is 265 g/mol. The zero-order valence-electron chi connectivity index (χ0n) is 13.5. The minimum absolute atomic E-state index is 0.638. The summed E-state index contributed by atoms with van der Waals surface area (Å²) in [5, 5.41) is 0. The van der Waals surface area contributed by atoms with Crippen LogP contribution in [0.2, 0.25) is 0 Å². The predicted molar refractivity (Wildman–Crippen MR) is 74.2 cm³/mol. The molecule has 5 nitrogen and oxygen atoms in total. The second-order valence-corrected chi connectivity index (χ2v) is 5.00. The lowest BCUT2D eigenvalue weighted by Crippen LogP contribution is -2.29. The van der Waals surface area contributed by atoms with Gasteiger partial charge in [0.25, 0.3) is 0 Å². The van der Waals surface area contributed by atoms with Gasteiger partial charge in [0.15, 0.2) is 5.52 Å². The van der Waals surface area contributed by atoms with Crippen LogP contribution in [-0.2, 0) is 13.5 Å². The topological polar surface area (TPSA) is 39.0 Å². The highest BCUT2D eigenvalue weighted by molar-refractivity contribution is 5.77. The highest BCUT2D eigenvalue weighted by atomic mass is 15.3. The van der Waals surface area contributed by atoms with Crippen molar-refractivity contribution in [2.75, 3.05) is 0 Å². The Balaban J connectivity index is 1.97. The van der Waals surface area contributed by atoms with E-state index in [2.05, 4.69) is 9.97 Å². The first-order chi connectivity index (χ1) is 11.1. The van der Waals surface area contributed by atoms with Gasteiger partial charge >= 0.3 is 5.78 Å². The maximum Gasteiger partial charge on any atom is 0.370 e. The fourth-order valence-electron chi connectivity index (χ4n) is 3.09. The third-order valence-electron chi connectivity index (χ3n) is 3.99. The van der Waals surface area contributed by atoms with Crippen molar-refractivity contribution in [2.24, 2.45) is 6.98 Å². The molecule has 5 heterocycles. The number of fused-ring (bicyclic) bond motifs is 7. The summed E-state index contributed by atoms with van der Waals surface area (Å²) in [6, 6.07) is 3.72. The van der Waals surface area contributed by atoms with E-state index in [1.54, 1.807) is 24.7 Å². The Morgan fingerprint density at radius 2 is 2.15 bits per heavy atom. The lowest BCUT2D eigenvalue weighted by Gasteiger charge is -1.93. The predicted octanol–water partition coefficient (Wildman–Crippen LogP) is 1.54. The van der Waals surface area contributed by atoms with Crippen LogP contribution < -0.4 is 4.57 Å². The van der Waals surface area contributed by atoms with Crippen molar-refractivity contribution in [3.8, 4) is 11.3 Å². The fourth-order valence-corrected chi connectivity index (χ4v) is 3.09. The minimum Gasteiger partial charge on any atom is -0.264 e. The Labute approximate surface area is 119 Å². The Bertz CT molecular complexity index is 1090. The fraction of sp³-hybridized carbons (Fsp3) is 0.133. The number of aromatic nitrogens is 5. The molecule has 0 bridgehead atoms. The highest BCUT2D eigenvalue weighted by Crippen LogP contribution is 2.33. The van der Waals surface area contributed by atoms with Gasteiger partial charge in [-0.25, -0.2) is 9.13 Å². The van der Waals surface area contributed by atoms with E-state index in [0.717, 1.165) is 22.3 Å². The lowest BCUT2D eigenvalue weighted by molar-refractivity contribution is -0.621. The standard InChI is InChI=1S/C15H12N5/c1-18-12-3-5-17-7-13(12)20-9-14-11-6-16-4-2-10(11)8-19(14)15(18)20/h2-7,9H,8H2,1H3/q+1/i1D3. The van der Waals surface area contributed by atoms with Crippen LogP contribution in [-0.4, -0.2) is 18.9 Å². The van der Waals surface area contributed by atoms with Crippen LogP contribution in [0.3, 0.4) is 0 Å². The molecule has 0 fully saturated rings. The molecule has 0 saturated heterocycles. The zero-order valence-corrected chi connectivity index (χ0v) is 10.5. The van der Waals surface area contributed by atoms with Crippen molar-refractivity contribution in [2.45, 2.75) is 6.54 Å². The van der Waals surface area contributed by atoms with Crippen molar-refractivity contribution in [3.63, 3.8) is 0 Å². The Morgan fingerprint density at radius 3 is 3.10 bits per heavy atom. The van der Waals surface area contributed by atoms with E-state index in [0.29, 0.717) is 17.8 Å². The molecule has 0 aromatic carbocycles. The maximum atomic E-state index is 7.95. The molecular formula is C15H12N5+. The summed E-state index contributed by atoms with van der Waals surface area (Å²) in [4.78, 5) is 8.34. The molecule has 5 rings (SSSR count). The molecule has 5 heteroatoms. The number of aryl methyl sites for hydroxylation is 1. The first-order valence-electron chi connectivity index (χ1n) is 7.89. The number of pyridine rings is 2. The van der Waals surface area contributed by atoms with Crippen LogP contribution in [0.15, 0.2) is 43.1 Å². The molecule has 0 radical (unpaired) electrons. The van der Waals surface area contributed by atoms with Gasteiger partial charge in [0, 0.05) is 29.7 Å². The van der Waals surface area contributed by atoms with Crippen molar-refractivity contribution >= 4 is 16.8 Å². The number of hydrogen-bond acceptors (Lipinski definition) is 2. The van der Waals surface area contributed by atoms with Crippen LogP contribution in [0.25, 0.3) is 28.1 Å². The third kappa shape index (κ3) is 1.02. The largest absolute Gasteiger partial charge is 0.370 e. The number of rotatable bonds is 0. The summed E-state index contributed by atoms with van der Waals surface area (Å²) < 4.78 is 29.2. The number of nitrogens with zero attached hydrogens (tertiary/aromatic N) is 5. The van der Waals surface area contributed by atoms with E-state index in [-0.39, 0.29) is 0 Å². The Hall–Kier alpha value is -2.69. The molecule has 0 aliphatic carbocycles. The molecule has 1 aliphatic rings. The Kier molecular flexibility index (Phi) is 1.27. The average molecular weight is 265 g/mol. The number of hydrogen-bond donors (Lipinski definition) is 0. The maximum absolute atomic E-state index is 7.95. The normalized spacial score (nSPS) is 15.9. The van der Waals surface area contributed by atoms with Gasteiger partial charge in [-0.3, -0.25) is 9.97 Å². The van der Waals surface area contributed by atoms with Crippen LogP contribution >= 0.6 is 0 Å². The molecule has 0 amide bonds. The van der Waals surface area contributed by atoms with Gasteiger partial charge in [0.1, 0.15) is 17.4 Å². The van der Waals surface area contributed by atoms with E-state index in [9.17, 15) is 0 Å². The molecule has 1 aliphatic heterocycles. The summed E-state index contributed by atoms with van der Waals surface area (Å²) in [7, 11) is 0. The highest BCUT2D eigenvalue weighted by Gasteiger charge is 2.30. The molecule has 0 unspecified atom stereocenters. The van der Waals surface area contributed by atoms with Crippen molar-refractivity contribution in [1.29, 1.82) is 0 Å². The molecule has 4 aromatic rings. The van der Waals surface area contributed by atoms with Gasteiger partial charge in [-0.05, 0) is 12.1 Å². The van der Waals surface area contributed by atoms with Gasteiger partial charge in [-0.2, -0.15) is 4.40 Å². The van der Waals surface area contributed by atoms with Gasteiger partial charge in [0.2, 0.25) is 0 Å².